The van der Waals surface area contributed by atoms with Crippen molar-refractivity contribution in [3.63, 3.8) is 0 Å². The first-order valence-corrected chi connectivity index (χ1v) is 11.2. The van der Waals surface area contributed by atoms with Gasteiger partial charge >= 0.3 is 5.97 Å². The molecule has 1 aliphatic rings. The van der Waals surface area contributed by atoms with Crippen molar-refractivity contribution in [3.8, 4) is 5.75 Å². The Labute approximate surface area is 205 Å². The van der Waals surface area contributed by atoms with E-state index in [1.807, 2.05) is 0 Å². The highest BCUT2D eigenvalue weighted by atomic mass is 19.3. The summed E-state index contributed by atoms with van der Waals surface area (Å²) in [5, 5.41) is 23.6. The Hall–Kier alpha value is -3.85. The van der Waals surface area contributed by atoms with Crippen LogP contribution in [0.1, 0.15) is 46.8 Å². The SMILES string of the molecule is CC(CC(O)C(=O)Nc1ccc2c(c1)COC2=O)(CC(F)(F)c1ccccc1)c1cc(F)ccc1O. The number of anilines is 1. The number of phenolic OH excluding ortho intramolecular Hbond substituents is 1. The first-order chi connectivity index (χ1) is 17.0. The first kappa shape index (κ1) is 25.2. The van der Waals surface area contributed by atoms with Crippen molar-refractivity contribution in [3.05, 3.63) is 94.8 Å². The smallest absolute Gasteiger partial charge is 0.338 e. The number of ether oxygens (including phenoxy) is 1. The lowest BCUT2D eigenvalue weighted by Gasteiger charge is -2.35. The molecule has 6 nitrogen and oxygen atoms in total. The van der Waals surface area contributed by atoms with Crippen molar-refractivity contribution in [2.75, 3.05) is 5.32 Å². The van der Waals surface area contributed by atoms with Gasteiger partial charge in [0.15, 0.2) is 0 Å². The first-order valence-electron chi connectivity index (χ1n) is 11.2. The van der Waals surface area contributed by atoms with Gasteiger partial charge in [-0.1, -0.05) is 37.3 Å². The molecule has 4 rings (SSSR count). The third kappa shape index (κ3) is 5.21. The van der Waals surface area contributed by atoms with Crippen LogP contribution < -0.4 is 5.32 Å². The van der Waals surface area contributed by atoms with E-state index in [4.69, 9.17) is 4.74 Å². The van der Waals surface area contributed by atoms with Crippen molar-refractivity contribution in [1.29, 1.82) is 0 Å². The quantitative estimate of drug-likeness (QED) is 0.378. The Morgan fingerprint density at radius 2 is 1.83 bits per heavy atom. The highest BCUT2D eigenvalue weighted by Crippen LogP contribution is 2.46. The van der Waals surface area contributed by atoms with Gasteiger partial charge in [0.25, 0.3) is 11.8 Å². The molecule has 188 valence electrons. The minimum atomic E-state index is -3.42. The van der Waals surface area contributed by atoms with Crippen LogP contribution in [0.15, 0.2) is 66.7 Å². The summed E-state index contributed by atoms with van der Waals surface area (Å²) in [5.41, 5.74) is -0.948. The zero-order chi connectivity index (χ0) is 26.1. The molecule has 3 aromatic rings. The molecule has 1 heterocycles. The zero-order valence-corrected chi connectivity index (χ0v) is 19.3. The van der Waals surface area contributed by atoms with Crippen molar-refractivity contribution >= 4 is 17.6 Å². The number of phenols is 1. The summed E-state index contributed by atoms with van der Waals surface area (Å²) in [6, 6.07) is 14.4. The summed E-state index contributed by atoms with van der Waals surface area (Å²) in [4.78, 5) is 24.4. The number of aliphatic hydroxyl groups excluding tert-OH is 1. The molecule has 3 aromatic carbocycles. The lowest BCUT2D eigenvalue weighted by atomic mass is 9.72. The summed E-state index contributed by atoms with van der Waals surface area (Å²) in [6.45, 7) is 1.39. The molecule has 3 N–H and O–H groups in total. The van der Waals surface area contributed by atoms with Gasteiger partial charge in [-0.05, 0) is 42.8 Å². The molecule has 0 spiro atoms. The Morgan fingerprint density at radius 3 is 2.56 bits per heavy atom. The molecule has 0 radical (unpaired) electrons. The maximum absolute atomic E-state index is 15.3. The minimum Gasteiger partial charge on any atom is -0.508 e. The van der Waals surface area contributed by atoms with Gasteiger partial charge < -0.3 is 20.3 Å². The maximum atomic E-state index is 15.3. The van der Waals surface area contributed by atoms with Gasteiger partial charge in [-0.15, -0.1) is 0 Å². The average molecular weight is 499 g/mol. The molecule has 36 heavy (non-hydrogen) atoms. The number of fused-ring (bicyclic) bond motifs is 1. The number of carbonyl (C=O) groups excluding carboxylic acids is 2. The van der Waals surface area contributed by atoms with Crippen LogP contribution in [0.5, 0.6) is 5.75 Å². The Kier molecular flexibility index (Phi) is 6.77. The third-order valence-electron chi connectivity index (χ3n) is 6.32. The van der Waals surface area contributed by atoms with E-state index in [1.165, 1.54) is 49.4 Å². The molecule has 0 saturated carbocycles. The van der Waals surface area contributed by atoms with Crippen molar-refractivity contribution < 1.29 is 37.7 Å². The summed E-state index contributed by atoms with van der Waals surface area (Å²) in [6.07, 6.45) is -3.23. The molecule has 1 aliphatic heterocycles. The maximum Gasteiger partial charge on any atom is 0.338 e. The third-order valence-corrected chi connectivity index (χ3v) is 6.32. The van der Waals surface area contributed by atoms with Crippen LogP contribution in [-0.4, -0.2) is 28.2 Å². The van der Waals surface area contributed by atoms with Crippen LogP contribution in [-0.2, 0) is 27.5 Å². The van der Waals surface area contributed by atoms with Crippen molar-refractivity contribution in [1.82, 2.24) is 0 Å². The van der Waals surface area contributed by atoms with Crippen LogP contribution in [0.3, 0.4) is 0 Å². The number of hydrogen-bond acceptors (Lipinski definition) is 5. The molecule has 9 heteroatoms. The average Bonchev–Trinajstić information content (AvgIpc) is 3.20. The number of aliphatic hydroxyl groups is 1. The molecule has 2 unspecified atom stereocenters. The molecule has 0 aliphatic carbocycles. The highest BCUT2D eigenvalue weighted by molar-refractivity contribution is 5.97. The molecule has 2 atom stereocenters. The number of aromatic hydroxyl groups is 1. The number of esters is 1. The Morgan fingerprint density at radius 1 is 1.11 bits per heavy atom. The van der Waals surface area contributed by atoms with Crippen LogP contribution in [0.4, 0.5) is 18.9 Å². The molecule has 0 bridgehead atoms. The number of cyclic esters (lactones) is 1. The number of amides is 1. The molecule has 0 fully saturated rings. The van der Waals surface area contributed by atoms with Gasteiger partial charge in [0.05, 0.1) is 5.56 Å². The second-order valence-electron chi connectivity index (χ2n) is 9.13. The summed E-state index contributed by atoms with van der Waals surface area (Å²) in [7, 11) is 0. The predicted octanol–water partition coefficient (Wildman–Crippen LogP) is 5.03. The lowest BCUT2D eigenvalue weighted by molar-refractivity contribution is -0.125. The highest BCUT2D eigenvalue weighted by Gasteiger charge is 2.44. The summed E-state index contributed by atoms with van der Waals surface area (Å²) >= 11 is 0. The molecule has 1 amide bonds. The molecular weight excluding hydrogens is 475 g/mol. The number of hydrogen-bond donors (Lipinski definition) is 3. The Balaban J connectivity index is 1.60. The monoisotopic (exact) mass is 499 g/mol. The number of nitrogens with one attached hydrogen (secondary N) is 1. The van der Waals surface area contributed by atoms with E-state index in [2.05, 4.69) is 5.32 Å². The normalized spacial score (nSPS) is 15.5. The minimum absolute atomic E-state index is 0.0475. The van der Waals surface area contributed by atoms with Gasteiger partial charge in [-0.3, -0.25) is 4.79 Å². The Bertz CT molecular complexity index is 1300. The van der Waals surface area contributed by atoms with Gasteiger partial charge in [0.1, 0.15) is 24.3 Å². The van der Waals surface area contributed by atoms with Gasteiger partial charge in [-0.25, -0.2) is 18.0 Å². The van der Waals surface area contributed by atoms with E-state index in [-0.39, 0.29) is 23.4 Å². The second-order valence-corrected chi connectivity index (χ2v) is 9.13. The standard InChI is InChI=1S/C27H24F3NO5/c1-26(21-12-18(28)7-10-22(21)32,15-27(29,30)17-5-3-2-4-6-17)13-23(33)24(34)31-19-8-9-20-16(11-19)14-36-25(20)35/h2-12,23,32-33H,13-15H2,1H3,(H,31,34). The van der Waals surface area contributed by atoms with E-state index in [0.29, 0.717) is 11.1 Å². The van der Waals surface area contributed by atoms with Crippen molar-refractivity contribution in [2.45, 2.75) is 43.8 Å². The molecular formula is C27H24F3NO5. The topological polar surface area (TPSA) is 95.9 Å². The number of benzene rings is 3. The summed E-state index contributed by atoms with van der Waals surface area (Å²) in [5.74, 6) is -5.97. The number of rotatable bonds is 8. The fourth-order valence-electron chi connectivity index (χ4n) is 4.50. The van der Waals surface area contributed by atoms with E-state index >= 15 is 8.78 Å². The fraction of sp³-hybridized carbons (Fsp3) is 0.259. The van der Waals surface area contributed by atoms with Gasteiger partial charge in [-0.2, -0.15) is 0 Å². The number of halogens is 3. The zero-order valence-electron chi connectivity index (χ0n) is 19.3. The van der Waals surface area contributed by atoms with Gasteiger partial charge in [0.2, 0.25) is 0 Å². The fourth-order valence-corrected chi connectivity index (χ4v) is 4.50. The van der Waals surface area contributed by atoms with Crippen LogP contribution in [0, 0.1) is 5.82 Å². The van der Waals surface area contributed by atoms with E-state index in [9.17, 15) is 24.2 Å². The van der Waals surface area contributed by atoms with E-state index in [0.717, 1.165) is 18.2 Å². The van der Waals surface area contributed by atoms with E-state index < -0.39 is 53.7 Å². The lowest BCUT2D eigenvalue weighted by Crippen LogP contribution is -2.38. The number of carbonyl (C=O) groups is 2. The van der Waals surface area contributed by atoms with Crippen LogP contribution in [0.2, 0.25) is 0 Å². The predicted molar refractivity (Wildman–Crippen MR) is 125 cm³/mol. The van der Waals surface area contributed by atoms with Crippen LogP contribution in [0.25, 0.3) is 0 Å². The molecule has 0 saturated heterocycles. The van der Waals surface area contributed by atoms with Gasteiger partial charge in [0, 0.05) is 34.2 Å². The van der Waals surface area contributed by atoms with Crippen molar-refractivity contribution in [2.24, 2.45) is 0 Å². The van der Waals surface area contributed by atoms with E-state index in [1.54, 1.807) is 6.07 Å². The largest absolute Gasteiger partial charge is 0.508 e. The number of alkyl halides is 2. The van der Waals surface area contributed by atoms with Crippen LogP contribution >= 0.6 is 0 Å². The second kappa shape index (κ2) is 9.66. The molecule has 0 aromatic heterocycles. The summed E-state index contributed by atoms with van der Waals surface area (Å²) < 4.78 is 49.7.